The molecular weight excluding hydrogens is 224 g/mol. The number of fused-ring (bicyclic) bond motifs is 1. The number of anilines is 1. The van der Waals surface area contributed by atoms with Crippen LogP contribution in [0.5, 0.6) is 5.75 Å². The van der Waals surface area contributed by atoms with Gasteiger partial charge in [-0.15, -0.1) is 0 Å². The molecule has 0 saturated carbocycles. The quantitative estimate of drug-likeness (QED) is 0.864. The summed E-state index contributed by atoms with van der Waals surface area (Å²) >= 11 is 0. The van der Waals surface area contributed by atoms with Crippen LogP contribution in [0.15, 0.2) is 18.2 Å². The van der Waals surface area contributed by atoms with Crippen molar-refractivity contribution >= 4 is 5.69 Å². The zero-order chi connectivity index (χ0) is 13.2. The van der Waals surface area contributed by atoms with Gasteiger partial charge in [0.2, 0.25) is 0 Å². The summed E-state index contributed by atoms with van der Waals surface area (Å²) in [7, 11) is 0. The lowest BCUT2D eigenvalue weighted by molar-refractivity contribution is 0.277. The largest absolute Gasteiger partial charge is 0.489 e. The topological polar surface area (TPSA) is 47.3 Å². The average Bonchev–Trinajstić information content (AvgIpc) is 2.34. The molecule has 0 aromatic heterocycles. The van der Waals surface area contributed by atoms with E-state index in [1.54, 1.807) is 0 Å². The number of hydrogen-bond donors (Lipinski definition) is 2. The van der Waals surface area contributed by atoms with Gasteiger partial charge in [0, 0.05) is 0 Å². The highest BCUT2D eigenvalue weighted by molar-refractivity contribution is 5.60. The fourth-order valence-electron chi connectivity index (χ4n) is 2.21. The van der Waals surface area contributed by atoms with Crippen molar-refractivity contribution in [1.29, 1.82) is 0 Å². The molecule has 0 fully saturated rings. The summed E-state index contributed by atoms with van der Waals surface area (Å²) < 4.78 is 5.80. The molecule has 1 aromatic rings. The maximum Gasteiger partial charge on any atom is 0.142 e. The predicted octanol–water partition coefficient (Wildman–Crippen LogP) is 2.90. The molecule has 0 spiro atoms. The van der Waals surface area contributed by atoms with Crippen LogP contribution >= 0.6 is 0 Å². The lowest BCUT2D eigenvalue weighted by Gasteiger charge is -2.29. The molecule has 0 radical (unpaired) electrons. The Morgan fingerprint density at radius 3 is 2.83 bits per heavy atom. The van der Waals surface area contributed by atoms with Gasteiger partial charge in [-0.3, -0.25) is 0 Å². The van der Waals surface area contributed by atoms with Gasteiger partial charge in [0.25, 0.3) is 0 Å². The Hall–Kier alpha value is -1.22. The third-order valence-corrected chi connectivity index (χ3v) is 3.40. The van der Waals surface area contributed by atoms with Gasteiger partial charge in [0.05, 0.1) is 11.7 Å². The zero-order valence-electron chi connectivity index (χ0n) is 11.6. The number of nitrogens with two attached hydrogens (primary N) is 1. The molecule has 100 valence electrons. The van der Waals surface area contributed by atoms with E-state index < -0.39 is 0 Å². The summed E-state index contributed by atoms with van der Waals surface area (Å²) in [6.45, 7) is 8.16. The Morgan fingerprint density at radius 1 is 1.39 bits per heavy atom. The Morgan fingerprint density at radius 2 is 2.17 bits per heavy atom. The summed E-state index contributed by atoms with van der Waals surface area (Å²) in [5.41, 5.74) is 8.17. The lowest BCUT2D eigenvalue weighted by Crippen LogP contribution is -2.32. The first-order valence-corrected chi connectivity index (χ1v) is 6.74. The molecule has 3 heteroatoms. The smallest absolute Gasteiger partial charge is 0.142 e. The molecule has 0 aliphatic carbocycles. The van der Waals surface area contributed by atoms with Crippen LogP contribution in [0.4, 0.5) is 5.69 Å². The van der Waals surface area contributed by atoms with Crippen LogP contribution in [0.1, 0.15) is 39.2 Å². The van der Waals surface area contributed by atoms with Crippen molar-refractivity contribution in [2.45, 2.75) is 45.1 Å². The average molecular weight is 248 g/mol. The molecule has 1 heterocycles. The van der Waals surface area contributed by atoms with Crippen LogP contribution in [0.2, 0.25) is 0 Å². The van der Waals surface area contributed by atoms with Crippen molar-refractivity contribution in [2.75, 3.05) is 18.5 Å². The lowest BCUT2D eigenvalue weighted by atomic mass is 9.86. The molecule has 3 nitrogen and oxygen atoms in total. The van der Waals surface area contributed by atoms with Gasteiger partial charge in [-0.05, 0) is 42.5 Å². The number of benzene rings is 1. The van der Waals surface area contributed by atoms with Gasteiger partial charge >= 0.3 is 0 Å². The molecule has 2 rings (SSSR count). The second kappa shape index (κ2) is 5.19. The second-order valence-corrected chi connectivity index (χ2v) is 6.04. The minimum absolute atomic E-state index is 0.168. The highest BCUT2D eigenvalue weighted by Crippen LogP contribution is 2.34. The third kappa shape index (κ3) is 2.96. The third-order valence-electron chi connectivity index (χ3n) is 3.40. The number of rotatable bonds is 3. The monoisotopic (exact) mass is 248 g/mol. The minimum Gasteiger partial charge on any atom is -0.489 e. The van der Waals surface area contributed by atoms with Crippen LogP contribution in [0.3, 0.4) is 0 Å². The van der Waals surface area contributed by atoms with E-state index in [2.05, 4.69) is 44.3 Å². The maximum atomic E-state index is 5.80. The zero-order valence-corrected chi connectivity index (χ0v) is 11.6. The summed E-state index contributed by atoms with van der Waals surface area (Å²) in [6, 6.07) is 6.82. The van der Waals surface area contributed by atoms with Crippen molar-refractivity contribution in [1.82, 2.24) is 0 Å². The SMILES string of the molecule is CC(C)(C)c1ccc2c(c1)NC(CCCN)CO2. The maximum absolute atomic E-state index is 5.80. The molecule has 1 aliphatic rings. The van der Waals surface area contributed by atoms with E-state index in [9.17, 15) is 0 Å². The van der Waals surface area contributed by atoms with Gasteiger partial charge in [0.15, 0.2) is 0 Å². The Labute approximate surface area is 110 Å². The van der Waals surface area contributed by atoms with Crippen molar-refractivity contribution < 1.29 is 4.74 Å². The van der Waals surface area contributed by atoms with Gasteiger partial charge in [-0.25, -0.2) is 0 Å². The van der Waals surface area contributed by atoms with E-state index in [1.165, 1.54) is 5.56 Å². The van der Waals surface area contributed by atoms with Gasteiger partial charge < -0.3 is 15.8 Å². The first-order valence-electron chi connectivity index (χ1n) is 6.74. The minimum atomic E-state index is 0.168. The van der Waals surface area contributed by atoms with Gasteiger partial charge in [0.1, 0.15) is 12.4 Å². The standard InChI is InChI=1S/C15H24N2O/c1-15(2,3)11-6-7-14-13(9-11)17-12(10-18-14)5-4-8-16/h6-7,9,12,17H,4-5,8,10,16H2,1-3H3. The summed E-state index contributed by atoms with van der Waals surface area (Å²) in [6.07, 6.45) is 2.10. The number of ether oxygens (including phenoxy) is 1. The molecular formula is C15H24N2O. The fraction of sp³-hybridized carbons (Fsp3) is 0.600. The van der Waals surface area contributed by atoms with E-state index in [4.69, 9.17) is 10.5 Å². The molecule has 1 unspecified atom stereocenters. The summed E-state index contributed by atoms with van der Waals surface area (Å²) in [4.78, 5) is 0. The molecule has 18 heavy (non-hydrogen) atoms. The van der Waals surface area contributed by atoms with E-state index in [0.717, 1.165) is 37.4 Å². The molecule has 3 N–H and O–H groups in total. The fourth-order valence-corrected chi connectivity index (χ4v) is 2.21. The highest BCUT2D eigenvalue weighted by atomic mass is 16.5. The predicted molar refractivity (Wildman–Crippen MR) is 76.3 cm³/mol. The normalized spacial score (nSPS) is 18.8. The van der Waals surface area contributed by atoms with Gasteiger partial charge in [-0.1, -0.05) is 26.8 Å². The van der Waals surface area contributed by atoms with E-state index >= 15 is 0 Å². The Balaban J connectivity index is 2.14. The van der Waals surface area contributed by atoms with Crippen LogP contribution in [-0.2, 0) is 5.41 Å². The molecule has 1 atom stereocenters. The van der Waals surface area contributed by atoms with Crippen LogP contribution in [-0.4, -0.2) is 19.2 Å². The first-order chi connectivity index (χ1) is 8.50. The first kappa shape index (κ1) is 13.2. The second-order valence-electron chi connectivity index (χ2n) is 6.04. The molecule has 1 aliphatic heterocycles. The number of nitrogens with one attached hydrogen (secondary N) is 1. The van der Waals surface area contributed by atoms with Gasteiger partial charge in [-0.2, -0.15) is 0 Å². The summed E-state index contributed by atoms with van der Waals surface area (Å²) in [5, 5.41) is 3.56. The van der Waals surface area contributed by atoms with Crippen molar-refractivity contribution in [3.8, 4) is 5.75 Å². The number of hydrogen-bond acceptors (Lipinski definition) is 3. The van der Waals surface area contributed by atoms with Crippen molar-refractivity contribution in [2.24, 2.45) is 5.73 Å². The molecule has 1 aromatic carbocycles. The highest BCUT2D eigenvalue weighted by Gasteiger charge is 2.21. The van der Waals surface area contributed by atoms with Crippen LogP contribution < -0.4 is 15.8 Å². The Bertz CT molecular complexity index is 409. The Kier molecular flexibility index (Phi) is 3.81. The molecule has 0 saturated heterocycles. The van der Waals surface area contributed by atoms with Crippen molar-refractivity contribution in [3.05, 3.63) is 23.8 Å². The van der Waals surface area contributed by atoms with Crippen LogP contribution in [0.25, 0.3) is 0 Å². The van der Waals surface area contributed by atoms with Crippen LogP contribution in [0, 0.1) is 0 Å². The van der Waals surface area contributed by atoms with E-state index in [1.807, 2.05) is 0 Å². The van der Waals surface area contributed by atoms with E-state index in [0.29, 0.717) is 6.04 Å². The van der Waals surface area contributed by atoms with E-state index in [-0.39, 0.29) is 5.41 Å². The molecule has 0 bridgehead atoms. The van der Waals surface area contributed by atoms with Crippen molar-refractivity contribution in [3.63, 3.8) is 0 Å². The molecule has 0 amide bonds. The summed E-state index contributed by atoms with van der Waals surface area (Å²) in [5.74, 6) is 0.965.